The molecule has 0 aliphatic heterocycles. The zero-order chi connectivity index (χ0) is 63.4. The largest absolute Gasteiger partial charge is 0.394 e. The van der Waals surface area contributed by atoms with Crippen LogP contribution in [0.1, 0.15) is 137 Å². The molecule has 20 heteroatoms. The summed E-state index contributed by atoms with van der Waals surface area (Å²) in [6.07, 6.45) is 12.0. The Kier molecular flexibility index (Phi) is 21.7. The van der Waals surface area contributed by atoms with Crippen molar-refractivity contribution < 1.29 is 34.0 Å². The van der Waals surface area contributed by atoms with Gasteiger partial charge in [-0.3, -0.25) is 14.6 Å². The molecule has 0 radical (unpaired) electrons. The third-order valence-corrected chi connectivity index (χ3v) is 16.4. The quantitative estimate of drug-likeness (QED) is 0.0337. The van der Waals surface area contributed by atoms with Crippen LogP contribution in [0.4, 0.5) is 17.5 Å². The van der Waals surface area contributed by atoms with Crippen LogP contribution in [0.3, 0.4) is 0 Å². The number of unbranched alkanes of at least 4 members (excludes halogenated alkanes) is 1. The van der Waals surface area contributed by atoms with E-state index in [1.807, 2.05) is 98.1 Å². The van der Waals surface area contributed by atoms with Gasteiger partial charge in [0.05, 0.1) is 52.4 Å². The number of benzene rings is 3. The number of imidazole rings is 3. The SMILES string of the molecule is CCCCC(=O)CC(C)(C)Cn1c(COCC)nc2c(N)nc3ccccc3c21.CCOCc1nc2c(N)nc3cc(-c4cccnc4)ccc3c2n1CC(O)CO.CCOCc1nc2c(N)nc3ccccc3c2n1CC(C)(C)CC(=O)CC1CCCC1. The lowest BCUT2D eigenvalue weighted by atomic mass is 9.84. The minimum Gasteiger partial charge on any atom is -0.394 e. The molecule has 0 spiro atoms. The van der Waals surface area contributed by atoms with Crippen molar-refractivity contribution >= 4 is 94.8 Å². The molecule has 0 bridgehead atoms. The Hall–Kier alpha value is -8.01. The first-order chi connectivity index (χ1) is 42.9. The van der Waals surface area contributed by atoms with E-state index in [4.69, 9.17) is 41.4 Å². The van der Waals surface area contributed by atoms with E-state index in [0.29, 0.717) is 123 Å². The van der Waals surface area contributed by atoms with E-state index < -0.39 is 6.10 Å². The molecule has 8 N–H and O–H groups in total. The van der Waals surface area contributed by atoms with Crippen LogP contribution in [0.5, 0.6) is 0 Å². The van der Waals surface area contributed by atoms with Crippen molar-refractivity contribution in [1.82, 2.24) is 48.6 Å². The minimum absolute atomic E-state index is 0.179. The number of anilines is 3. The number of para-hydroxylation sites is 2. The standard InChI is InChI=1S/C25H34N4O2.C23H32N4O2.C21H23N5O3/c1-4-31-15-21-28-22-23(19-11-7-8-12-20(19)27-24(22)26)29(21)16-25(2,3)14-18(30)13-17-9-5-6-10-17;1-5-7-10-16(28)13-23(3,4)15-27-19(14-29-6-2)26-20-21(27)17-11-8-9-12-18(17)25-22(20)24;1-2-29-12-18-25-19-20(26(18)10-15(28)11-27)16-6-5-13(8-17(16)24-21(19)22)14-4-3-7-23-9-14/h7-8,11-12,17H,4-6,9-10,13-16H2,1-3H3,(H2,26,27);8-9,11-12H,5-7,10,13-15H2,1-4H3,(H2,24,25);3-9,15,27-28H,2,10-12H2,1H3,(H2,22,24). The first-order valence-corrected chi connectivity index (χ1v) is 31.5. The van der Waals surface area contributed by atoms with Gasteiger partial charge < -0.3 is 55.3 Å². The molecule has 1 atom stereocenters. The molecule has 7 aromatic heterocycles. The van der Waals surface area contributed by atoms with Crippen molar-refractivity contribution in [3.05, 3.63) is 109 Å². The van der Waals surface area contributed by atoms with Crippen molar-refractivity contribution in [2.24, 2.45) is 16.7 Å². The zero-order valence-electron chi connectivity index (χ0n) is 53.1. The molecule has 0 amide bonds. The number of fused-ring (bicyclic) bond motifs is 9. The molecule has 89 heavy (non-hydrogen) atoms. The van der Waals surface area contributed by atoms with Crippen molar-refractivity contribution in [2.45, 2.75) is 165 Å². The second kappa shape index (κ2) is 29.5. The second-order valence-corrected chi connectivity index (χ2v) is 24.9. The van der Waals surface area contributed by atoms with Crippen LogP contribution in [0, 0.1) is 16.7 Å². The maximum absolute atomic E-state index is 12.9. The number of rotatable bonds is 26. The maximum atomic E-state index is 12.9. The Morgan fingerprint density at radius 2 is 1.07 bits per heavy atom. The Balaban J connectivity index is 0.000000159. The summed E-state index contributed by atoms with van der Waals surface area (Å²) in [7, 11) is 0. The third-order valence-electron chi connectivity index (χ3n) is 16.4. The van der Waals surface area contributed by atoms with E-state index in [0.717, 1.165) is 91.3 Å². The Morgan fingerprint density at radius 3 is 1.55 bits per heavy atom. The molecule has 10 aromatic rings. The van der Waals surface area contributed by atoms with E-state index in [2.05, 4.69) is 74.7 Å². The summed E-state index contributed by atoms with van der Waals surface area (Å²) in [6, 6.07) is 25.8. The van der Waals surface area contributed by atoms with Crippen LogP contribution < -0.4 is 17.2 Å². The smallest absolute Gasteiger partial charge is 0.152 e. The maximum Gasteiger partial charge on any atom is 0.152 e. The van der Waals surface area contributed by atoms with E-state index in [9.17, 15) is 19.8 Å². The predicted molar refractivity (Wildman–Crippen MR) is 354 cm³/mol. The van der Waals surface area contributed by atoms with Crippen LogP contribution in [0.2, 0.25) is 0 Å². The van der Waals surface area contributed by atoms with Gasteiger partial charge in [0.25, 0.3) is 0 Å². The minimum atomic E-state index is -0.924. The summed E-state index contributed by atoms with van der Waals surface area (Å²) in [4.78, 5) is 57.3. The number of aromatic nitrogens is 10. The number of aliphatic hydroxyl groups excluding tert-OH is 2. The number of Topliss-reactive ketones (excluding diaryl/α,β-unsaturated/α-hetero) is 2. The molecule has 1 saturated carbocycles. The van der Waals surface area contributed by atoms with E-state index in [1.54, 1.807) is 12.4 Å². The van der Waals surface area contributed by atoms with Gasteiger partial charge in [0.2, 0.25) is 0 Å². The highest BCUT2D eigenvalue weighted by molar-refractivity contribution is 6.09. The van der Waals surface area contributed by atoms with Gasteiger partial charge in [-0.2, -0.15) is 0 Å². The first-order valence-electron chi connectivity index (χ1n) is 31.5. The number of carbonyl (C=O) groups excluding carboxylic acids is 2. The number of pyridine rings is 4. The Morgan fingerprint density at radius 1 is 0.596 bits per heavy atom. The lowest BCUT2D eigenvalue weighted by Crippen LogP contribution is -2.25. The predicted octanol–water partition coefficient (Wildman–Crippen LogP) is 12.3. The average molecular weight is 1210 g/mol. The first kappa shape index (κ1) is 65.4. The number of nitrogens with two attached hydrogens (primary N) is 3. The molecule has 0 saturated heterocycles. The number of hydrogen-bond donors (Lipinski definition) is 5. The number of ketones is 2. The van der Waals surface area contributed by atoms with Crippen molar-refractivity contribution in [3.63, 3.8) is 0 Å². The topological polar surface area (TPSA) is 285 Å². The van der Waals surface area contributed by atoms with Gasteiger partial charge in [0, 0.05) is 92.7 Å². The van der Waals surface area contributed by atoms with Gasteiger partial charge in [-0.05, 0) is 73.8 Å². The Labute approximate surface area is 520 Å². The zero-order valence-corrected chi connectivity index (χ0v) is 53.1. The van der Waals surface area contributed by atoms with Crippen LogP contribution in [-0.4, -0.2) is 103 Å². The number of hydrogen-bond acceptors (Lipinski definition) is 17. The summed E-state index contributed by atoms with van der Waals surface area (Å²) in [5, 5.41) is 22.3. The van der Waals surface area contributed by atoms with Gasteiger partial charge in [-0.15, -0.1) is 0 Å². The summed E-state index contributed by atoms with van der Waals surface area (Å²) >= 11 is 0. The van der Waals surface area contributed by atoms with Gasteiger partial charge in [-0.25, -0.2) is 29.9 Å². The van der Waals surface area contributed by atoms with Gasteiger partial charge >= 0.3 is 0 Å². The van der Waals surface area contributed by atoms with Gasteiger partial charge in [0.1, 0.15) is 65.4 Å². The van der Waals surface area contributed by atoms with Crippen LogP contribution in [0.25, 0.3) is 76.9 Å². The molecule has 1 aliphatic carbocycles. The molecular formula is C69H89N13O7. The molecular weight excluding hydrogens is 1120 g/mol. The fourth-order valence-corrected chi connectivity index (χ4v) is 12.3. The molecule has 7 heterocycles. The summed E-state index contributed by atoms with van der Waals surface area (Å²) in [5.74, 6) is 4.72. The number of aliphatic hydroxyl groups is 2. The molecule has 1 unspecified atom stereocenters. The van der Waals surface area contributed by atoms with E-state index in [1.165, 1.54) is 25.7 Å². The highest BCUT2D eigenvalue weighted by Gasteiger charge is 2.30. The highest BCUT2D eigenvalue weighted by atomic mass is 16.5. The monoisotopic (exact) mass is 1210 g/mol. The average Bonchev–Trinajstić information content (AvgIpc) is 2.12. The lowest BCUT2D eigenvalue weighted by Gasteiger charge is -2.26. The molecule has 20 nitrogen and oxygen atoms in total. The van der Waals surface area contributed by atoms with Crippen LogP contribution >= 0.6 is 0 Å². The van der Waals surface area contributed by atoms with Crippen molar-refractivity contribution in [3.8, 4) is 11.1 Å². The third kappa shape index (κ3) is 15.7. The second-order valence-electron chi connectivity index (χ2n) is 24.9. The Bertz CT molecular complexity index is 4060. The molecule has 3 aromatic carbocycles. The molecule has 1 aliphatic rings. The van der Waals surface area contributed by atoms with Crippen LogP contribution in [-0.2, 0) is 63.3 Å². The molecule has 11 rings (SSSR count). The van der Waals surface area contributed by atoms with E-state index in [-0.39, 0.29) is 30.6 Å². The van der Waals surface area contributed by atoms with Gasteiger partial charge in [0.15, 0.2) is 17.5 Å². The van der Waals surface area contributed by atoms with Crippen molar-refractivity contribution in [1.29, 1.82) is 0 Å². The number of nitrogen functional groups attached to an aromatic ring is 3. The summed E-state index contributed by atoms with van der Waals surface area (Å²) < 4.78 is 23.2. The molecule has 1 fully saturated rings. The normalized spacial score (nSPS) is 13.4. The number of nitrogens with zero attached hydrogens (tertiary/aromatic N) is 10. The summed E-state index contributed by atoms with van der Waals surface area (Å²) in [6.45, 7) is 20.6. The molecule has 472 valence electrons. The lowest BCUT2D eigenvalue weighted by molar-refractivity contribution is -0.122. The number of carbonyl (C=O) groups is 2. The number of ether oxygens (including phenoxy) is 3. The fraction of sp³-hybridized carbons (Fsp3) is 0.464. The highest BCUT2D eigenvalue weighted by Crippen LogP contribution is 2.38. The van der Waals surface area contributed by atoms with Crippen molar-refractivity contribution in [2.75, 3.05) is 43.6 Å². The summed E-state index contributed by atoms with van der Waals surface area (Å²) in [5.41, 5.74) is 27.4. The van der Waals surface area contributed by atoms with E-state index >= 15 is 0 Å². The van der Waals surface area contributed by atoms with Crippen LogP contribution in [0.15, 0.2) is 91.3 Å². The van der Waals surface area contributed by atoms with Gasteiger partial charge in [-0.1, -0.05) is 121 Å². The fourth-order valence-electron chi connectivity index (χ4n) is 12.3.